The zero-order valence-electron chi connectivity index (χ0n) is 27.5. The van der Waals surface area contributed by atoms with Gasteiger partial charge in [0.05, 0.1) is 19.1 Å². The summed E-state index contributed by atoms with van der Waals surface area (Å²) in [4.78, 5) is 18.8. The van der Waals surface area contributed by atoms with Crippen molar-refractivity contribution in [2.75, 3.05) is 53.5 Å². The van der Waals surface area contributed by atoms with Crippen molar-refractivity contribution in [1.29, 1.82) is 0 Å². The first-order chi connectivity index (χ1) is 23.2. The molecule has 0 saturated carbocycles. The number of likely N-dealkylation sites (tertiary alicyclic amines) is 2. The Labute approximate surface area is 282 Å². The SMILES string of the molecule is COc1cc(/C=C2\CN(S(=O)(=O)c3ccccc3)C/C(=C\c3cc(CN4CCCC4)c(O)c(OC)c3)C2=O)cc(CN2CCCC2)c1O. The maximum Gasteiger partial charge on any atom is 0.243 e. The number of methoxy groups -OCH3 is 2. The van der Waals surface area contributed by atoms with E-state index in [0.717, 1.165) is 51.9 Å². The number of Topliss-reactive ketones (excluding diaryl/α,β-unsaturated/α-hetero) is 1. The maximum absolute atomic E-state index is 14.2. The molecule has 0 atom stereocenters. The first kappa shape index (κ1) is 33.7. The van der Waals surface area contributed by atoms with Gasteiger partial charge in [-0.1, -0.05) is 18.2 Å². The van der Waals surface area contributed by atoms with E-state index in [9.17, 15) is 23.4 Å². The molecular weight excluding hydrogens is 630 g/mol. The third-order valence-electron chi connectivity index (χ3n) is 9.32. The predicted molar refractivity (Wildman–Crippen MR) is 185 cm³/mol. The monoisotopic (exact) mass is 673 g/mol. The molecule has 48 heavy (non-hydrogen) atoms. The van der Waals surface area contributed by atoms with E-state index in [1.54, 1.807) is 54.6 Å². The van der Waals surface area contributed by atoms with Crippen molar-refractivity contribution in [2.45, 2.75) is 43.7 Å². The maximum atomic E-state index is 14.2. The lowest BCUT2D eigenvalue weighted by Gasteiger charge is -2.29. The Hall–Kier alpha value is -4.16. The second kappa shape index (κ2) is 14.5. The number of sulfonamides is 1. The fourth-order valence-electron chi connectivity index (χ4n) is 6.78. The van der Waals surface area contributed by atoms with E-state index in [-0.39, 0.29) is 57.9 Å². The van der Waals surface area contributed by atoms with Gasteiger partial charge in [-0.05, 0) is 112 Å². The molecule has 3 aliphatic rings. The highest BCUT2D eigenvalue weighted by molar-refractivity contribution is 7.89. The number of phenols is 2. The Morgan fingerprint density at radius 3 is 1.56 bits per heavy atom. The number of phenolic OH excluding ortho intramolecular Hbond substituents is 2. The van der Waals surface area contributed by atoms with Crippen LogP contribution in [0.3, 0.4) is 0 Å². The Kier molecular flexibility index (Phi) is 10.2. The van der Waals surface area contributed by atoms with Crippen LogP contribution in [0.1, 0.15) is 47.9 Å². The van der Waals surface area contributed by atoms with Crippen LogP contribution in [0.5, 0.6) is 23.0 Å². The van der Waals surface area contributed by atoms with Gasteiger partial charge in [-0.2, -0.15) is 4.31 Å². The van der Waals surface area contributed by atoms with Gasteiger partial charge < -0.3 is 19.7 Å². The van der Waals surface area contributed by atoms with Crippen LogP contribution < -0.4 is 9.47 Å². The normalized spacial score (nSPS) is 19.8. The lowest BCUT2D eigenvalue weighted by molar-refractivity contribution is -0.113. The molecule has 0 bridgehead atoms. The van der Waals surface area contributed by atoms with E-state index in [2.05, 4.69) is 9.80 Å². The number of ketones is 1. The van der Waals surface area contributed by atoms with E-state index in [0.29, 0.717) is 35.3 Å². The second-order valence-electron chi connectivity index (χ2n) is 12.7. The smallest absolute Gasteiger partial charge is 0.243 e. The summed E-state index contributed by atoms with van der Waals surface area (Å²) in [7, 11) is -1.00. The molecule has 11 heteroatoms. The number of benzene rings is 3. The molecule has 0 amide bonds. The van der Waals surface area contributed by atoms with Crippen molar-refractivity contribution in [3.63, 3.8) is 0 Å². The predicted octanol–water partition coefficient (Wildman–Crippen LogP) is 5.05. The van der Waals surface area contributed by atoms with E-state index in [1.165, 1.54) is 18.5 Å². The molecule has 0 aliphatic carbocycles. The Balaban J connectivity index is 1.42. The van der Waals surface area contributed by atoms with E-state index in [1.807, 2.05) is 12.1 Å². The van der Waals surface area contributed by atoms with Gasteiger partial charge in [-0.25, -0.2) is 8.42 Å². The largest absolute Gasteiger partial charge is 0.504 e. The summed E-state index contributed by atoms with van der Waals surface area (Å²) in [6.07, 6.45) is 7.78. The molecule has 3 aromatic rings. The zero-order valence-corrected chi connectivity index (χ0v) is 28.3. The van der Waals surface area contributed by atoms with Crippen LogP contribution in [-0.4, -0.2) is 92.0 Å². The van der Waals surface area contributed by atoms with E-state index < -0.39 is 10.0 Å². The van der Waals surface area contributed by atoms with Crippen molar-refractivity contribution >= 4 is 28.0 Å². The number of piperidine rings is 1. The van der Waals surface area contributed by atoms with Gasteiger partial charge in [0.25, 0.3) is 0 Å². The van der Waals surface area contributed by atoms with Crippen molar-refractivity contribution in [2.24, 2.45) is 0 Å². The summed E-state index contributed by atoms with van der Waals surface area (Å²) in [5, 5.41) is 21.8. The average molecular weight is 674 g/mol. The lowest BCUT2D eigenvalue weighted by Crippen LogP contribution is -2.41. The molecule has 0 radical (unpaired) electrons. The highest BCUT2D eigenvalue weighted by atomic mass is 32.2. The number of nitrogens with zero attached hydrogens (tertiary/aromatic N) is 3. The molecule has 3 saturated heterocycles. The van der Waals surface area contributed by atoms with Gasteiger partial charge in [-0.15, -0.1) is 0 Å². The minimum atomic E-state index is -3.97. The molecule has 3 aromatic carbocycles. The van der Waals surface area contributed by atoms with Crippen LogP contribution in [0.4, 0.5) is 0 Å². The Bertz CT molecular complexity index is 1730. The van der Waals surface area contributed by atoms with Crippen molar-refractivity contribution < 1.29 is 32.9 Å². The van der Waals surface area contributed by atoms with Gasteiger partial charge in [0.15, 0.2) is 28.8 Å². The van der Waals surface area contributed by atoms with Gasteiger partial charge in [0.2, 0.25) is 10.0 Å². The topological polar surface area (TPSA) is 120 Å². The van der Waals surface area contributed by atoms with Gasteiger partial charge in [-0.3, -0.25) is 14.6 Å². The number of hydrogen-bond donors (Lipinski definition) is 2. The minimum absolute atomic E-state index is 0.0569. The summed E-state index contributed by atoms with van der Waals surface area (Å²) in [6.45, 7) is 4.57. The molecule has 6 rings (SSSR count). The number of ether oxygens (including phenoxy) is 2. The molecular formula is C37H43N3O7S. The number of aromatic hydroxyl groups is 2. The summed E-state index contributed by atoms with van der Waals surface area (Å²) in [5.74, 6) is 0.402. The van der Waals surface area contributed by atoms with Crippen molar-refractivity contribution in [1.82, 2.24) is 14.1 Å². The quantitative estimate of drug-likeness (QED) is 0.285. The highest BCUT2D eigenvalue weighted by Crippen LogP contribution is 2.37. The second-order valence-corrected chi connectivity index (χ2v) is 14.6. The summed E-state index contributed by atoms with van der Waals surface area (Å²) in [6, 6.07) is 15.2. The van der Waals surface area contributed by atoms with Gasteiger partial charge >= 0.3 is 0 Å². The fraction of sp³-hybridized carbons (Fsp3) is 0.378. The number of hydrogen-bond acceptors (Lipinski definition) is 9. The third kappa shape index (κ3) is 7.29. The van der Waals surface area contributed by atoms with E-state index >= 15 is 0 Å². The van der Waals surface area contributed by atoms with Crippen LogP contribution in [0.15, 0.2) is 70.6 Å². The standard InChI is InChI=1S/C37H43N3O7S/c1-46-33-20-26(16-28(36(33)42)22-38-12-6-7-13-38)18-30-24-40(48(44,45)32-10-4-3-5-11-32)25-31(35(30)41)19-27-17-29(23-39-14-8-9-15-39)37(43)34(21-27)47-2/h3-5,10-11,16-21,42-43H,6-9,12-15,22-25H2,1-2H3/b30-18+,31-19+. The molecule has 2 N–H and O–H groups in total. The molecule has 0 spiro atoms. The molecule has 10 nitrogen and oxygen atoms in total. The minimum Gasteiger partial charge on any atom is -0.504 e. The summed E-state index contributed by atoms with van der Waals surface area (Å²) >= 11 is 0. The van der Waals surface area contributed by atoms with Gasteiger partial charge in [0, 0.05) is 48.5 Å². The molecule has 254 valence electrons. The van der Waals surface area contributed by atoms with Gasteiger partial charge in [0.1, 0.15) is 0 Å². The highest BCUT2D eigenvalue weighted by Gasteiger charge is 2.34. The molecule has 3 heterocycles. The van der Waals surface area contributed by atoms with E-state index in [4.69, 9.17) is 9.47 Å². The van der Waals surface area contributed by atoms with Crippen LogP contribution in [0, 0.1) is 0 Å². The first-order valence-corrected chi connectivity index (χ1v) is 17.9. The van der Waals surface area contributed by atoms with Crippen molar-refractivity contribution in [3.8, 4) is 23.0 Å². The number of rotatable bonds is 10. The molecule has 0 unspecified atom stereocenters. The first-order valence-electron chi connectivity index (χ1n) is 16.4. The van der Waals surface area contributed by atoms with Crippen LogP contribution in [-0.2, 0) is 27.9 Å². The molecule has 3 aliphatic heterocycles. The Morgan fingerprint density at radius 1 is 0.708 bits per heavy atom. The Morgan fingerprint density at radius 2 is 1.15 bits per heavy atom. The summed E-state index contributed by atoms with van der Waals surface area (Å²) in [5.41, 5.74) is 3.18. The van der Waals surface area contributed by atoms with Crippen LogP contribution in [0.25, 0.3) is 12.2 Å². The third-order valence-corrected chi connectivity index (χ3v) is 11.1. The lowest BCUT2D eigenvalue weighted by atomic mass is 9.94. The van der Waals surface area contributed by atoms with Crippen LogP contribution >= 0.6 is 0 Å². The zero-order chi connectivity index (χ0) is 33.8. The van der Waals surface area contributed by atoms with Crippen molar-refractivity contribution in [3.05, 3.63) is 88.0 Å². The van der Waals surface area contributed by atoms with Crippen LogP contribution in [0.2, 0.25) is 0 Å². The average Bonchev–Trinajstić information content (AvgIpc) is 3.81. The fourth-order valence-corrected chi connectivity index (χ4v) is 8.20. The summed E-state index contributed by atoms with van der Waals surface area (Å²) < 4.78 is 40.1. The molecule has 0 aromatic heterocycles. The number of carbonyl (C=O) groups is 1. The number of carbonyl (C=O) groups excluding carboxylic acids is 1. The molecule has 3 fully saturated rings.